The van der Waals surface area contributed by atoms with E-state index in [2.05, 4.69) is 39.0 Å². The minimum absolute atomic E-state index is 0.205. The number of hydrogen-bond acceptors (Lipinski definition) is 4. The third kappa shape index (κ3) is 3.71. The van der Waals surface area contributed by atoms with Gasteiger partial charge in [0.05, 0.1) is 12.3 Å². The van der Waals surface area contributed by atoms with Crippen LogP contribution >= 0.6 is 0 Å². The van der Waals surface area contributed by atoms with Crippen molar-refractivity contribution in [1.29, 1.82) is 0 Å². The highest BCUT2D eigenvalue weighted by Crippen LogP contribution is 2.35. The summed E-state index contributed by atoms with van der Waals surface area (Å²) in [7, 11) is 1.98. The Morgan fingerprint density at radius 3 is 2.77 bits per heavy atom. The zero-order valence-corrected chi connectivity index (χ0v) is 16.0. The largest absolute Gasteiger partial charge is 0.373 e. The van der Waals surface area contributed by atoms with Gasteiger partial charge in [-0.25, -0.2) is 0 Å². The molecule has 6 heteroatoms. The van der Waals surface area contributed by atoms with Gasteiger partial charge in [0.2, 0.25) is 0 Å². The van der Waals surface area contributed by atoms with Crippen LogP contribution in [0.15, 0.2) is 24.7 Å². The molecular formula is C20H31N5O. The summed E-state index contributed by atoms with van der Waals surface area (Å²) >= 11 is 0. The summed E-state index contributed by atoms with van der Waals surface area (Å²) in [6.07, 6.45) is 11.1. The van der Waals surface area contributed by atoms with Crippen LogP contribution in [0.25, 0.3) is 0 Å². The van der Waals surface area contributed by atoms with Gasteiger partial charge in [-0.2, -0.15) is 10.2 Å². The highest BCUT2D eigenvalue weighted by molar-refractivity contribution is 5.11. The number of likely N-dealkylation sites (tertiary alicyclic amines) is 1. The number of piperidine rings is 1. The van der Waals surface area contributed by atoms with Crippen molar-refractivity contribution in [2.75, 3.05) is 26.2 Å². The summed E-state index contributed by atoms with van der Waals surface area (Å²) in [5, 5.41) is 8.79. The summed E-state index contributed by atoms with van der Waals surface area (Å²) in [5.74, 6) is 1.23. The molecule has 2 aliphatic rings. The van der Waals surface area contributed by atoms with Crippen molar-refractivity contribution >= 4 is 0 Å². The second kappa shape index (κ2) is 7.92. The lowest BCUT2D eigenvalue weighted by Crippen LogP contribution is -2.39. The van der Waals surface area contributed by atoms with Gasteiger partial charge in [0.15, 0.2) is 0 Å². The minimum Gasteiger partial charge on any atom is -0.373 e. The van der Waals surface area contributed by atoms with Crippen molar-refractivity contribution in [3.63, 3.8) is 0 Å². The van der Waals surface area contributed by atoms with Gasteiger partial charge in [0.25, 0.3) is 0 Å². The van der Waals surface area contributed by atoms with Gasteiger partial charge in [0, 0.05) is 62.2 Å². The molecule has 2 aromatic rings. The molecule has 0 amide bonds. The molecule has 2 saturated heterocycles. The van der Waals surface area contributed by atoms with Gasteiger partial charge >= 0.3 is 0 Å². The molecule has 4 heterocycles. The Balaban J connectivity index is 1.35. The van der Waals surface area contributed by atoms with Crippen LogP contribution in [0.3, 0.4) is 0 Å². The molecule has 4 rings (SSSR count). The number of aryl methyl sites for hydroxylation is 2. The van der Waals surface area contributed by atoms with Gasteiger partial charge in [-0.05, 0) is 51.8 Å². The molecule has 0 unspecified atom stereocenters. The van der Waals surface area contributed by atoms with Gasteiger partial charge in [0.1, 0.15) is 0 Å². The van der Waals surface area contributed by atoms with Gasteiger partial charge < -0.3 is 9.64 Å². The van der Waals surface area contributed by atoms with E-state index in [1.165, 1.54) is 50.0 Å². The van der Waals surface area contributed by atoms with Crippen molar-refractivity contribution in [2.45, 2.75) is 51.2 Å². The molecule has 0 aliphatic carbocycles. The second-order valence-electron chi connectivity index (χ2n) is 7.79. The molecule has 2 fully saturated rings. The average molecular weight is 358 g/mol. The topological polar surface area (TPSA) is 48.1 Å². The molecule has 0 bridgehead atoms. The fraction of sp³-hybridized carbons (Fsp3) is 0.700. The molecule has 0 aromatic carbocycles. The summed E-state index contributed by atoms with van der Waals surface area (Å²) in [5.41, 5.74) is 2.65. The highest BCUT2D eigenvalue weighted by atomic mass is 16.5. The number of aromatic nitrogens is 4. The van der Waals surface area contributed by atoms with Crippen molar-refractivity contribution in [3.05, 3.63) is 35.9 Å². The molecule has 2 aromatic heterocycles. The Labute approximate surface area is 156 Å². The monoisotopic (exact) mass is 357 g/mol. The number of ether oxygens (including phenoxy) is 1. The summed E-state index contributed by atoms with van der Waals surface area (Å²) < 4.78 is 10.2. The average Bonchev–Trinajstić information content (AvgIpc) is 3.31. The van der Waals surface area contributed by atoms with Crippen LogP contribution in [0, 0.1) is 5.92 Å². The molecule has 0 saturated carbocycles. The maximum Gasteiger partial charge on any atom is 0.0895 e. The Morgan fingerprint density at radius 2 is 2.04 bits per heavy atom. The summed E-state index contributed by atoms with van der Waals surface area (Å²) in [4.78, 5) is 2.64. The van der Waals surface area contributed by atoms with E-state index >= 15 is 0 Å². The third-order valence-electron chi connectivity index (χ3n) is 6.05. The predicted octanol–water partition coefficient (Wildman–Crippen LogP) is 2.98. The van der Waals surface area contributed by atoms with E-state index in [1.54, 1.807) is 0 Å². The smallest absolute Gasteiger partial charge is 0.0895 e. The zero-order chi connectivity index (χ0) is 17.9. The highest BCUT2D eigenvalue weighted by Gasteiger charge is 2.31. The Morgan fingerprint density at radius 1 is 1.19 bits per heavy atom. The van der Waals surface area contributed by atoms with Crippen molar-refractivity contribution in [1.82, 2.24) is 24.5 Å². The van der Waals surface area contributed by atoms with Crippen LogP contribution in [0.2, 0.25) is 0 Å². The zero-order valence-electron chi connectivity index (χ0n) is 16.0. The maximum atomic E-state index is 6.15. The van der Waals surface area contributed by atoms with Crippen LogP contribution in [-0.4, -0.2) is 50.7 Å². The van der Waals surface area contributed by atoms with Crippen molar-refractivity contribution < 1.29 is 4.74 Å². The maximum absolute atomic E-state index is 6.15. The van der Waals surface area contributed by atoms with E-state index in [0.717, 1.165) is 19.7 Å². The van der Waals surface area contributed by atoms with Gasteiger partial charge in [-0.1, -0.05) is 0 Å². The van der Waals surface area contributed by atoms with E-state index in [1.807, 2.05) is 24.1 Å². The van der Waals surface area contributed by atoms with Crippen molar-refractivity contribution in [3.8, 4) is 0 Å². The molecule has 2 atom stereocenters. The lowest BCUT2D eigenvalue weighted by molar-refractivity contribution is -0.0409. The van der Waals surface area contributed by atoms with E-state index < -0.39 is 0 Å². The summed E-state index contributed by atoms with van der Waals surface area (Å²) in [6.45, 7) is 7.51. The molecule has 0 spiro atoms. The Bertz CT molecular complexity index is 701. The van der Waals surface area contributed by atoms with Crippen LogP contribution in [0.1, 0.15) is 55.9 Å². The van der Waals surface area contributed by atoms with Crippen LogP contribution < -0.4 is 0 Å². The number of rotatable bonds is 5. The Hall–Kier alpha value is -1.66. The van der Waals surface area contributed by atoms with Crippen molar-refractivity contribution in [2.24, 2.45) is 13.0 Å². The third-order valence-corrected chi connectivity index (χ3v) is 6.05. The van der Waals surface area contributed by atoms with E-state index in [0.29, 0.717) is 11.8 Å². The van der Waals surface area contributed by atoms with E-state index in [9.17, 15) is 0 Å². The lowest BCUT2D eigenvalue weighted by atomic mass is 9.88. The molecule has 0 radical (unpaired) electrons. The lowest BCUT2D eigenvalue weighted by Gasteiger charge is -2.38. The Kier molecular flexibility index (Phi) is 5.41. The van der Waals surface area contributed by atoms with Gasteiger partial charge in [-0.15, -0.1) is 0 Å². The molecule has 6 nitrogen and oxygen atoms in total. The van der Waals surface area contributed by atoms with Crippen LogP contribution in [-0.2, 0) is 18.3 Å². The first-order chi connectivity index (χ1) is 12.7. The fourth-order valence-corrected chi connectivity index (χ4v) is 4.68. The quantitative estimate of drug-likeness (QED) is 0.825. The molecule has 0 N–H and O–H groups in total. The molecule has 26 heavy (non-hydrogen) atoms. The molecule has 2 aliphatic heterocycles. The number of hydrogen-bond donors (Lipinski definition) is 0. The summed E-state index contributed by atoms with van der Waals surface area (Å²) in [6, 6.07) is 2.21. The molecule has 142 valence electrons. The first-order valence-electron chi connectivity index (χ1n) is 10.1. The minimum atomic E-state index is 0.205. The van der Waals surface area contributed by atoms with E-state index in [-0.39, 0.29) is 6.10 Å². The predicted molar refractivity (Wildman–Crippen MR) is 101 cm³/mol. The fourth-order valence-electron chi connectivity index (χ4n) is 4.68. The normalized spacial score (nSPS) is 25.6. The first-order valence-corrected chi connectivity index (χ1v) is 10.1. The standard InChI is InChI=1S/C20H31N5O/c1-3-25-19(6-9-21-25)16-7-10-24(11-8-16)15-17-5-4-12-26-20(17)18-13-22-23(2)14-18/h6,9,13-14,16-17,20H,3-5,7-8,10-12,15H2,1-2H3/t17-,20+/m0/s1. The first kappa shape index (κ1) is 17.7. The van der Waals surface area contributed by atoms with Crippen LogP contribution in [0.4, 0.5) is 0 Å². The van der Waals surface area contributed by atoms with Gasteiger partial charge in [-0.3, -0.25) is 9.36 Å². The van der Waals surface area contributed by atoms with Crippen LogP contribution in [0.5, 0.6) is 0 Å². The molecular weight excluding hydrogens is 326 g/mol. The number of nitrogens with zero attached hydrogens (tertiary/aromatic N) is 5. The van der Waals surface area contributed by atoms with E-state index in [4.69, 9.17) is 4.74 Å². The second-order valence-corrected chi connectivity index (χ2v) is 7.79. The SMILES string of the molecule is CCn1nccc1C1CCN(C[C@@H]2CCCO[C@H]2c2cnn(C)c2)CC1.